The largest absolute Gasteiger partial charge is 0.467 e. The molecule has 21 heavy (non-hydrogen) atoms. The summed E-state index contributed by atoms with van der Waals surface area (Å²) < 4.78 is 4.84. The van der Waals surface area contributed by atoms with E-state index in [1.165, 1.54) is 12.0 Å². The number of amides is 2. The molecule has 2 bridgehead atoms. The van der Waals surface area contributed by atoms with E-state index < -0.39 is 12.0 Å². The summed E-state index contributed by atoms with van der Waals surface area (Å²) in [5.74, 6) is -1.16. The molecule has 114 valence electrons. The Balaban J connectivity index is 1.93. The van der Waals surface area contributed by atoms with Gasteiger partial charge < -0.3 is 4.74 Å². The smallest absolute Gasteiger partial charge is 0.329 e. The lowest BCUT2D eigenvalue weighted by atomic mass is 9.85. The molecule has 0 aromatic heterocycles. The third-order valence-electron chi connectivity index (χ3n) is 5.41. The Labute approximate surface area is 124 Å². The van der Waals surface area contributed by atoms with Crippen LogP contribution in [0.1, 0.15) is 26.7 Å². The molecule has 1 saturated carbocycles. The number of fused-ring (bicyclic) bond motifs is 5. The van der Waals surface area contributed by atoms with Crippen molar-refractivity contribution in [2.75, 3.05) is 7.11 Å². The Morgan fingerprint density at radius 3 is 2.24 bits per heavy atom. The maximum Gasteiger partial charge on any atom is 0.329 e. The molecule has 2 amide bonds. The second kappa shape index (κ2) is 4.97. The minimum Gasteiger partial charge on any atom is -0.467 e. The summed E-state index contributed by atoms with van der Waals surface area (Å²) in [6.45, 7) is 3.82. The molecule has 0 N–H and O–H groups in total. The third kappa shape index (κ3) is 1.86. The number of esters is 1. The Morgan fingerprint density at radius 1 is 1.29 bits per heavy atom. The van der Waals surface area contributed by atoms with Gasteiger partial charge in [-0.05, 0) is 24.2 Å². The number of nitrogens with zero attached hydrogens (tertiary/aromatic N) is 1. The zero-order chi connectivity index (χ0) is 15.3. The van der Waals surface area contributed by atoms with Crippen LogP contribution in [0.4, 0.5) is 0 Å². The summed E-state index contributed by atoms with van der Waals surface area (Å²) in [4.78, 5) is 38.8. The summed E-state index contributed by atoms with van der Waals surface area (Å²) >= 11 is 0. The molecule has 0 spiro atoms. The molecule has 0 radical (unpaired) electrons. The van der Waals surface area contributed by atoms with E-state index in [4.69, 9.17) is 4.74 Å². The van der Waals surface area contributed by atoms with Crippen LogP contribution >= 0.6 is 0 Å². The Kier molecular flexibility index (Phi) is 3.38. The average Bonchev–Trinajstić information content (AvgIpc) is 3.15. The van der Waals surface area contributed by atoms with Crippen molar-refractivity contribution in [1.82, 2.24) is 4.90 Å². The highest BCUT2D eigenvalue weighted by Crippen LogP contribution is 2.53. The number of allylic oxidation sites excluding steroid dienone is 2. The number of imide groups is 1. The topological polar surface area (TPSA) is 63.7 Å². The first-order chi connectivity index (χ1) is 10.0. The highest BCUT2D eigenvalue weighted by molar-refractivity contribution is 6.09. The van der Waals surface area contributed by atoms with E-state index in [1.54, 1.807) is 0 Å². The third-order valence-corrected chi connectivity index (χ3v) is 5.41. The van der Waals surface area contributed by atoms with Gasteiger partial charge >= 0.3 is 5.97 Å². The van der Waals surface area contributed by atoms with Gasteiger partial charge in [-0.25, -0.2) is 4.79 Å². The molecule has 1 unspecified atom stereocenters. The number of ether oxygens (including phenoxy) is 1. The first kappa shape index (κ1) is 14.3. The molecule has 0 aromatic rings. The van der Waals surface area contributed by atoms with Crippen molar-refractivity contribution >= 4 is 17.8 Å². The molecule has 1 heterocycles. The number of likely N-dealkylation sites (tertiary alicyclic amines) is 1. The zero-order valence-corrected chi connectivity index (χ0v) is 12.6. The van der Waals surface area contributed by atoms with E-state index in [-0.39, 0.29) is 41.4 Å². The van der Waals surface area contributed by atoms with E-state index >= 15 is 0 Å². The summed E-state index contributed by atoms with van der Waals surface area (Å²) in [5.41, 5.74) is 0. The molecule has 6 atom stereocenters. The maximum absolute atomic E-state index is 12.7. The van der Waals surface area contributed by atoms with Crippen molar-refractivity contribution in [2.45, 2.75) is 32.7 Å². The lowest BCUT2D eigenvalue weighted by molar-refractivity contribution is -0.159. The van der Waals surface area contributed by atoms with Gasteiger partial charge in [0.2, 0.25) is 11.8 Å². The second-order valence-electron chi connectivity index (χ2n) is 6.40. The number of hydrogen-bond acceptors (Lipinski definition) is 4. The van der Waals surface area contributed by atoms with Crippen molar-refractivity contribution < 1.29 is 19.1 Å². The summed E-state index contributed by atoms with van der Waals surface area (Å²) in [5, 5.41) is 0. The molecular weight excluding hydrogens is 270 g/mol. The normalized spacial score (nSPS) is 36.0. The van der Waals surface area contributed by atoms with E-state index in [0.717, 1.165) is 6.42 Å². The van der Waals surface area contributed by atoms with Crippen LogP contribution in [0.25, 0.3) is 0 Å². The Bertz CT molecular complexity index is 496. The van der Waals surface area contributed by atoms with Crippen LogP contribution < -0.4 is 0 Å². The van der Waals surface area contributed by atoms with Gasteiger partial charge in [0.05, 0.1) is 18.9 Å². The quantitative estimate of drug-likeness (QED) is 0.446. The number of rotatable bonds is 4. The fourth-order valence-electron chi connectivity index (χ4n) is 4.14. The van der Waals surface area contributed by atoms with Gasteiger partial charge in [0, 0.05) is 0 Å². The minimum absolute atomic E-state index is 0.102. The first-order valence-electron chi connectivity index (χ1n) is 7.64. The van der Waals surface area contributed by atoms with Crippen LogP contribution in [0.5, 0.6) is 0 Å². The Hall–Kier alpha value is -1.65. The lowest BCUT2D eigenvalue weighted by Crippen LogP contribution is -2.50. The standard InChI is InChI=1S/C16H21NO4/c1-4-8(2)13(16(20)21-3)17-14(18)11-9-5-6-10(7-9)12(11)15(17)19/h5-6,8-13H,4,7H2,1-3H3/t8?,9-,10+,11+,12-,13-/m0/s1. The van der Waals surface area contributed by atoms with Gasteiger partial charge in [0.15, 0.2) is 0 Å². The predicted molar refractivity (Wildman–Crippen MR) is 74.8 cm³/mol. The SMILES string of the molecule is CCC(C)[C@@H](C(=O)OC)N1C(=O)[C@@H]2[C@H](C1=O)[C@H]1C=C[C@@H]2C1. The van der Waals surface area contributed by atoms with Crippen LogP contribution in [0.15, 0.2) is 12.2 Å². The van der Waals surface area contributed by atoms with Crippen molar-refractivity contribution in [3.63, 3.8) is 0 Å². The zero-order valence-electron chi connectivity index (χ0n) is 12.6. The highest BCUT2D eigenvalue weighted by atomic mass is 16.5. The summed E-state index contributed by atoms with van der Waals surface area (Å²) in [6, 6.07) is -0.787. The molecule has 5 heteroatoms. The maximum atomic E-state index is 12.7. The van der Waals surface area contributed by atoms with Crippen molar-refractivity contribution in [3.8, 4) is 0 Å². The van der Waals surface area contributed by atoms with E-state index in [9.17, 15) is 14.4 Å². The fourth-order valence-corrected chi connectivity index (χ4v) is 4.14. The summed E-state index contributed by atoms with van der Waals surface area (Å²) in [6.07, 6.45) is 5.71. The van der Waals surface area contributed by atoms with Crippen molar-refractivity contribution in [2.24, 2.45) is 29.6 Å². The molecule has 3 aliphatic rings. The molecule has 3 rings (SSSR count). The summed E-state index contributed by atoms with van der Waals surface area (Å²) in [7, 11) is 1.30. The second-order valence-corrected chi connectivity index (χ2v) is 6.40. The Morgan fingerprint density at radius 2 is 1.81 bits per heavy atom. The van der Waals surface area contributed by atoms with Crippen LogP contribution in [0.2, 0.25) is 0 Å². The first-order valence-corrected chi connectivity index (χ1v) is 7.64. The molecule has 2 fully saturated rings. The molecule has 0 aromatic carbocycles. The number of hydrogen-bond donors (Lipinski definition) is 0. The minimum atomic E-state index is -0.787. The van der Waals surface area contributed by atoms with E-state index in [1.807, 2.05) is 13.8 Å². The van der Waals surface area contributed by atoms with Gasteiger partial charge in [0.25, 0.3) is 0 Å². The predicted octanol–water partition coefficient (Wildman–Crippen LogP) is 1.38. The van der Waals surface area contributed by atoms with E-state index in [2.05, 4.69) is 12.2 Å². The fraction of sp³-hybridized carbons (Fsp3) is 0.688. The van der Waals surface area contributed by atoms with Gasteiger partial charge in [-0.1, -0.05) is 32.4 Å². The van der Waals surface area contributed by atoms with Gasteiger partial charge in [-0.2, -0.15) is 0 Å². The van der Waals surface area contributed by atoms with Crippen LogP contribution in [-0.2, 0) is 19.1 Å². The molecule has 1 aliphatic heterocycles. The molecule has 2 aliphatic carbocycles. The number of methoxy groups -OCH3 is 1. The number of carbonyl (C=O) groups is 3. The van der Waals surface area contributed by atoms with Crippen molar-refractivity contribution in [3.05, 3.63) is 12.2 Å². The average molecular weight is 291 g/mol. The van der Waals surface area contributed by atoms with E-state index in [0.29, 0.717) is 6.42 Å². The molecule has 1 saturated heterocycles. The number of carbonyl (C=O) groups excluding carboxylic acids is 3. The van der Waals surface area contributed by atoms with Gasteiger partial charge in [-0.15, -0.1) is 0 Å². The van der Waals surface area contributed by atoms with Gasteiger partial charge in [-0.3, -0.25) is 14.5 Å². The van der Waals surface area contributed by atoms with Crippen LogP contribution in [0, 0.1) is 29.6 Å². The molecule has 5 nitrogen and oxygen atoms in total. The monoisotopic (exact) mass is 291 g/mol. The van der Waals surface area contributed by atoms with Crippen LogP contribution in [0.3, 0.4) is 0 Å². The molecular formula is C16H21NO4. The van der Waals surface area contributed by atoms with Crippen molar-refractivity contribution in [1.29, 1.82) is 0 Å². The van der Waals surface area contributed by atoms with Gasteiger partial charge in [0.1, 0.15) is 6.04 Å². The van der Waals surface area contributed by atoms with Crippen LogP contribution in [-0.4, -0.2) is 35.8 Å². The lowest BCUT2D eigenvalue weighted by Gasteiger charge is -2.29. The highest BCUT2D eigenvalue weighted by Gasteiger charge is 2.61.